The smallest absolute Gasteiger partial charge is 0.407 e. The number of hydrogen-bond acceptors (Lipinski definition) is 6. The van der Waals surface area contributed by atoms with Gasteiger partial charge in [0.15, 0.2) is 17.5 Å². The van der Waals surface area contributed by atoms with Gasteiger partial charge in [0, 0.05) is 35.8 Å². The maximum atomic E-state index is 14.5. The van der Waals surface area contributed by atoms with E-state index in [0.29, 0.717) is 28.2 Å². The molecule has 0 aliphatic rings. The highest BCUT2D eigenvalue weighted by molar-refractivity contribution is 7.90. The van der Waals surface area contributed by atoms with Crippen molar-refractivity contribution < 1.29 is 40.3 Å². The van der Waals surface area contributed by atoms with Crippen molar-refractivity contribution in [2.45, 2.75) is 31.4 Å². The maximum Gasteiger partial charge on any atom is 0.407 e. The standard InChI is InChI=1S/C21H18F4N4O5S/c1-11(2)34-21(31)27-10-18-26-5-6-29(18)35(32,33)17-7-12(3-4-14(17)22)20(30)28-13-8-15(23)19(25)16(24)9-13/h3-9,11H,10H2,1-2H3,(H,27,31)(H,28,30). The molecule has 3 aromatic rings. The fourth-order valence-corrected chi connectivity index (χ4v) is 4.26. The van der Waals surface area contributed by atoms with E-state index in [-0.39, 0.29) is 17.9 Å². The zero-order valence-electron chi connectivity index (χ0n) is 18.2. The molecule has 9 nitrogen and oxygen atoms in total. The Labute approximate surface area is 196 Å². The minimum Gasteiger partial charge on any atom is -0.447 e. The third-order valence-electron chi connectivity index (χ3n) is 4.39. The molecule has 3 rings (SSSR count). The lowest BCUT2D eigenvalue weighted by Crippen LogP contribution is -2.29. The summed E-state index contributed by atoms with van der Waals surface area (Å²) in [6.07, 6.45) is 0.861. The van der Waals surface area contributed by atoms with E-state index in [1.165, 1.54) is 0 Å². The van der Waals surface area contributed by atoms with Crippen molar-refractivity contribution in [3.8, 4) is 0 Å². The molecule has 2 aromatic carbocycles. The minimum atomic E-state index is -4.64. The summed E-state index contributed by atoms with van der Waals surface area (Å²) in [6, 6.07) is 3.40. The first-order valence-corrected chi connectivity index (χ1v) is 11.3. The molecule has 0 atom stereocenters. The number of carbonyl (C=O) groups is 2. The van der Waals surface area contributed by atoms with Crippen LogP contribution in [0.3, 0.4) is 0 Å². The van der Waals surface area contributed by atoms with E-state index in [2.05, 4.69) is 15.6 Å². The van der Waals surface area contributed by atoms with Crippen molar-refractivity contribution in [3.05, 3.63) is 77.4 Å². The van der Waals surface area contributed by atoms with Gasteiger partial charge in [-0.15, -0.1) is 0 Å². The summed E-state index contributed by atoms with van der Waals surface area (Å²) in [5.74, 6) is -7.27. The van der Waals surface area contributed by atoms with E-state index in [4.69, 9.17) is 4.74 Å². The van der Waals surface area contributed by atoms with Gasteiger partial charge in [0.25, 0.3) is 15.9 Å². The number of amides is 2. The third-order valence-corrected chi connectivity index (χ3v) is 6.10. The molecule has 2 N–H and O–H groups in total. The molecule has 0 radical (unpaired) electrons. The fraction of sp³-hybridized carbons (Fsp3) is 0.190. The summed E-state index contributed by atoms with van der Waals surface area (Å²) in [6.45, 7) is 2.85. The van der Waals surface area contributed by atoms with E-state index in [1.807, 2.05) is 0 Å². The van der Waals surface area contributed by atoms with Crippen LogP contribution in [0.5, 0.6) is 0 Å². The van der Waals surface area contributed by atoms with Gasteiger partial charge >= 0.3 is 6.09 Å². The van der Waals surface area contributed by atoms with Crippen LogP contribution in [0.25, 0.3) is 0 Å². The van der Waals surface area contributed by atoms with Gasteiger partial charge in [-0.05, 0) is 32.0 Å². The fourth-order valence-electron chi connectivity index (χ4n) is 2.85. The lowest BCUT2D eigenvalue weighted by Gasteiger charge is -2.13. The average molecular weight is 514 g/mol. The molecule has 0 unspecified atom stereocenters. The number of nitrogens with one attached hydrogen (secondary N) is 2. The van der Waals surface area contributed by atoms with Crippen molar-refractivity contribution in [2.24, 2.45) is 0 Å². The number of halogens is 4. The normalized spacial score (nSPS) is 11.4. The van der Waals surface area contributed by atoms with Gasteiger partial charge < -0.3 is 15.4 Å². The van der Waals surface area contributed by atoms with Gasteiger partial charge in [-0.2, -0.15) is 0 Å². The largest absolute Gasteiger partial charge is 0.447 e. The average Bonchev–Trinajstić information content (AvgIpc) is 3.25. The third kappa shape index (κ3) is 5.77. The van der Waals surface area contributed by atoms with Gasteiger partial charge in [0.2, 0.25) is 0 Å². The van der Waals surface area contributed by atoms with Gasteiger partial charge in [-0.1, -0.05) is 0 Å². The van der Waals surface area contributed by atoms with Crippen molar-refractivity contribution in [2.75, 3.05) is 5.32 Å². The molecule has 1 heterocycles. The molecule has 1 aromatic heterocycles. The predicted octanol–water partition coefficient (Wildman–Crippen LogP) is 3.56. The number of nitrogens with zero attached hydrogens (tertiary/aromatic N) is 2. The SMILES string of the molecule is CC(C)OC(=O)NCc1nccn1S(=O)(=O)c1cc(C(=O)Nc2cc(F)c(F)c(F)c2)ccc1F. The second-order valence-corrected chi connectivity index (χ2v) is 9.09. The number of hydrogen-bond donors (Lipinski definition) is 2. The summed E-state index contributed by atoms with van der Waals surface area (Å²) in [7, 11) is -4.64. The number of rotatable bonds is 7. The molecule has 0 aliphatic carbocycles. The first-order chi connectivity index (χ1) is 16.4. The van der Waals surface area contributed by atoms with Gasteiger partial charge in [-0.25, -0.2) is 39.7 Å². The second-order valence-electron chi connectivity index (χ2n) is 7.31. The zero-order chi connectivity index (χ0) is 25.9. The summed E-state index contributed by atoms with van der Waals surface area (Å²) < 4.78 is 86.1. The van der Waals surface area contributed by atoms with Crippen LogP contribution in [0.1, 0.15) is 30.0 Å². The van der Waals surface area contributed by atoms with E-state index in [1.54, 1.807) is 13.8 Å². The maximum absolute atomic E-state index is 14.5. The van der Waals surface area contributed by atoms with Crippen molar-refractivity contribution in [1.29, 1.82) is 0 Å². The van der Waals surface area contributed by atoms with E-state index in [0.717, 1.165) is 18.5 Å². The van der Waals surface area contributed by atoms with Crippen LogP contribution < -0.4 is 10.6 Å². The number of carbonyl (C=O) groups excluding carboxylic acids is 2. The number of anilines is 1. The molecule has 0 saturated carbocycles. The van der Waals surface area contributed by atoms with Gasteiger partial charge in [0.05, 0.1) is 12.6 Å². The monoisotopic (exact) mass is 514 g/mol. The molecule has 35 heavy (non-hydrogen) atoms. The number of alkyl carbamates (subject to hydrolysis) is 1. The highest BCUT2D eigenvalue weighted by Crippen LogP contribution is 2.23. The molecule has 14 heteroatoms. The highest BCUT2D eigenvalue weighted by Gasteiger charge is 2.26. The predicted molar refractivity (Wildman–Crippen MR) is 114 cm³/mol. The number of benzene rings is 2. The molecular weight excluding hydrogens is 496 g/mol. The highest BCUT2D eigenvalue weighted by atomic mass is 32.2. The molecule has 0 fully saturated rings. The Morgan fingerprint density at radius 3 is 2.34 bits per heavy atom. The minimum absolute atomic E-state index is 0.183. The van der Waals surface area contributed by atoms with E-state index < -0.39 is 62.0 Å². The Balaban J connectivity index is 1.88. The first-order valence-electron chi connectivity index (χ1n) is 9.88. The lowest BCUT2D eigenvalue weighted by atomic mass is 10.2. The Kier molecular flexibility index (Phi) is 7.43. The number of imidazole rings is 1. The Morgan fingerprint density at radius 2 is 1.71 bits per heavy atom. The van der Waals surface area contributed by atoms with Crippen molar-refractivity contribution >= 4 is 27.7 Å². The Morgan fingerprint density at radius 1 is 1.06 bits per heavy atom. The van der Waals surface area contributed by atoms with Crippen LogP contribution >= 0.6 is 0 Å². The molecular formula is C21H18F4N4O5S. The quantitative estimate of drug-likeness (QED) is 0.368. The zero-order valence-corrected chi connectivity index (χ0v) is 19.0. The molecule has 0 bridgehead atoms. The summed E-state index contributed by atoms with van der Waals surface area (Å²) in [4.78, 5) is 27.1. The van der Waals surface area contributed by atoms with Crippen LogP contribution in [0.4, 0.5) is 28.0 Å². The lowest BCUT2D eigenvalue weighted by molar-refractivity contribution is 0.102. The topological polar surface area (TPSA) is 119 Å². The van der Waals surface area contributed by atoms with Gasteiger partial charge in [0.1, 0.15) is 16.5 Å². The number of aromatic nitrogens is 2. The van der Waals surface area contributed by atoms with E-state index >= 15 is 0 Å². The van der Waals surface area contributed by atoms with Gasteiger partial charge in [-0.3, -0.25) is 4.79 Å². The summed E-state index contributed by atoms with van der Waals surface area (Å²) in [5.41, 5.74) is -0.827. The molecule has 0 aliphatic heterocycles. The van der Waals surface area contributed by atoms with Crippen LogP contribution in [-0.2, 0) is 21.3 Å². The number of ether oxygens (including phenoxy) is 1. The van der Waals surface area contributed by atoms with Crippen molar-refractivity contribution in [3.63, 3.8) is 0 Å². The molecule has 0 saturated heterocycles. The summed E-state index contributed by atoms with van der Waals surface area (Å²) >= 11 is 0. The van der Waals surface area contributed by atoms with Crippen LogP contribution in [0, 0.1) is 23.3 Å². The van der Waals surface area contributed by atoms with E-state index in [9.17, 15) is 35.6 Å². The molecule has 186 valence electrons. The van der Waals surface area contributed by atoms with Crippen molar-refractivity contribution in [1.82, 2.24) is 14.3 Å². The summed E-state index contributed by atoms with van der Waals surface area (Å²) in [5, 5.41) is 4.39. The Hall–Kier alpha value is -3.94. The van der Waals surface area contributed by atoms with Crippen LogP contribution in [-0.4, -0.2) is 35.5 Å². The first kappa shape index (κ1) is 25.7. The molecule has 0 spiro atoms. The van der Waals surface area contributed by atoms with Crippen LogP contribution in [0.15, 0.2) is 47.6 Å². The molecule has 2 amide bonds. The second kappa shape index (κ2) is 10.1. The van der Waals surface area contributed by atoms with Crippen LogP contribution in [0.2, 0.25) is 0 Å². The Bertz CT molecular complexity index is 1370.